The predicted octanol–water partition coefficient (Wildman–Crippen LogP) is 4.95. The van der Waals surface area contributed by atoms with Crippen LogP contribution in [0.3, 0.4) is 0 Å². The highest BCUT2D eigenvalue weighted by molar-refractivity contribution is 6.71. The van der Waals surface area contributed by atoms with Gasteiger partial charge in [0.2, 0.25) is 0 Å². The van der Waals surface area contributed by atoms with E-state index in [1.165, 1.54) is 11.1 Å². The maximum absolute atomic E-state index is 13.1. The van der Waals surface area contributed by atoms with Crippen molar-refractivity contribution in [3.05, 3.63) is 71.4 Å². The van der Waals surface area contributed by atoms with Crippen molar-refractivity contribution < 1.29 is 19.8 Å². The summed E-state index contributed by atoms with van der Waals surface area (Å²) in [5.74, 6) is -1.73. The lowest BCUT2D eigenvalue weighted by Gasteiger charge is -2.20. The number of benzene rings is 2. The van der Waals surface area contributed by atoms with E-state index in [1.807, 2.05) is 31.2 Å². The number of carbonyl (C=O) groups is 2. The number of carbonyl (C=O) groups excluding carboxylic acids is 1. The summed E-state index contributed by atoms with van der Waals surface area (Å²) >= 11 is 0. The number of aryl methyl sites for hydroxylation is 1. The molecule has 2 aromatic carbocycles. The molecule has 2 heterocycles. The van der Waals surface area contributed by atoms with E-state index in [0.29, 0.717) is 22.7 Å². The summed E-state index contributed by atoms with van der Waals surface area (Å²) in [6, 6.07) is 15.5. The number of carboxylic acid groups (broad SMARTS) is 1. The monoisotopic (exact) mass is 485 g/mol. The van der Waals surface area contributed by atoms with E-state index in [2.05, 4.69) is 41.4 Å². The average molecular weight is 486 g/mol. The first-order chi connectivity index (χ1) is 17.0. The van der Waals surface area contributed by atoms with E-state index in [-0.39, 0.29) is 28.3 Å². The first kappa shape index (κ1) is 24.6. The van der Waals surface area contributed by atoms with Gasteiger partial charge < -0.3 is 10.2 Å². The molecule has 0 spiro atoms. The van der Waals surface area contributed by atoms with Gasteiger partial charge in [0, 0.05) is 5.56 Å². The minimum absolute atomic E-state index is 0.0115. The van der Waals surface area contributed by atoms with Gasteiger partial charge in [-0.3, -0.25) is 10.2 Å². The molecule has 3 aromatic rings. The predicted molar refractivity (Wildman–Crippen MR) is 140 cm³/mol. The quantitative estimate of drug-likeness (QED) is 0.347. The molecule has 0 atom stereocenters. The molecule has 4 rings (SSSR count). The molecule has 0 fully saturated rings. The van der Waals surface area contributed by atoms with Gasteiger partial charge in [-0.05, 0) is 66.8 Å². The van der Waals surface area contributed by atoms with Crippen LogP contribution in [-0.4, -0.2) is 38.5 Å². The van der Waals surface area contributed by atoms with Crippen molar-refractivity contribution in [1.82, 2.24) is 4.98 Å². The summed E-state index contributed by atoms with van der Waals surface area (Å²) in [6.45, 7) is 9.86. The smallest absolute Gasteiger partial charge is 0.354 e. The third kappa shape index (κ3) is 4.81. The number of hydrazone groups is 2. The first-order valence-electron chi connectivity index (χ1n) is 11.3. The summed E-state index contributed by atoms with van der Waals surface area (Å²) in [5, 5.41) is 30.0. The molecule has 1 aliphatic heterocycles. The normalized spacial score (nSPS) is 14.8. The van der Waals surface area contributed by atoms with E-state index in [1.54, 1.807) is 31.2 Å². The summed E-state index contributed by atoms with van der Waals surface area (Å²) < 4.78 is 0. The zero-order valence-corrected chi connectivity index (χ0v) is 20.7. The number of hydrogen-bond acceptors (Lipinski definition) is 7. The fourth-order valence-electron chi connectivity index (χ4n) is 3.78. The van der Waals surface area contributed by atoms with Crippen LogP contribution in [0.5, 0.6) is 5.75 Å². The number of carboxylic acids is 1. The van der Waals surface area contributed by atoms with Gasteiger partial charge in [0.25, 0.3) is 0 Å². The van der Waals surface area contributed by atoms with Crippen LogP contribution in [-0.2, 0) is 10.2 Å². The Morgan fingerprint density at radius 3 is 2.39 bits per heavy atom. The molecular weight excluding hydrogens is 458 g/mol. The lowest BCUT2D eigenvalue weighted by Crippen LogP contribution is -2.28. The van der Waals surface area contributed by atoms with Crippen LogP contribution in [0, 0.1) is 6.92 Å². The van der Waals surface area contributed by atoms with E-state index in [0.717, 1.165) is 11.1 Å². The molecule has 1 amide bonds. The van der Waals surface area contributed by atoms with Gasteiger partial charge in [0.15, 0.2) is 5.71 Å². The van der Waals surface area contributed by atoms with E-state index in [4.69, 9.17) is 0 Å². The number of pyridine rings is 1. The van der Waals surface area contributed by atoms with Crippen LogP contribution in [0.4, 0.5) is 11.4 Å². The van der Waals surface area contributed by atoms with Crippen molar-refractivity contribution in [3.8, 4) is 17.0 Å². The Labute approximate surface area is 208 Å². The molecule has 184 valence electrons. The topological polar surface area (TPSA) is 127 Å². The Hall–Kier alpha value is -4.53. The Bertz CT molecular complexity index is 1420. The highest BCUT2D eigenvalue weighted by Gasteiger charge is 2.31. The van der Waals surface area contributed by atoms with Crippen molar-refractivity contribution in [3.63, 3.8) is 0 Å². The van der Waals surface area contributed by atoms with Crippen LogP contribution in [0.1, 0.15) is 49.3 Å². The van der Waals surface area contributed by atoms with E-state index < -0.39 is 11.9 Å². The third-order valence-electron chi connectivity index (χ3n) is 5.75. The molecule has 36 heavy (non-hydrogen) atoms. The number of aromatic nitrogens is 1. The number of anilines is 2. The number of phenolic OH excluding ortho intramolecular Hbond substituents is 1. The van der Waals surface area contributed by atoms with Gasteiger partial charge >= 0.3 is 11.9 Å². The number of hydrogen-bond donors (Lipinski definition) is 3. The number of nitrogens with one attached hydrogen (secondary N) is 1. The molecule has 1 aromatic heterocycles. The maximum Gasteiger partial charge on any atom is 0.354 e. The number of nitrogens with zero attached hydrogens (tertiary/aromatic N) is 4. The first-order valence-corrected chi connectivity index (χ1v) is 11.3. The molecule has 0 radical (unpaired) electrons. The van der Waals surface area contributed by atoms with Crippen molar-refractivity contribution in [1.29, 1.82) is 0 Å². The molecule has 0 saturated carbocycles. The maximum atomic E-state index is 13.1. The lowest BCUT2D eigenvalue weighted by atomic mass is 9.87. The van der Waals surface area contributed by atoms with Gasteiger partial charge in [-0.15, -0.1) is 0 Å². The van der Waals surface area contributed by atoms with Crippen LogP contribution < -0.4 is 10.4 Å². The van der Waals surface area contributed by atoms with Gasteiger partial charge in [-0.25, -0.2) is 9.78 Å². The summed E-state index contributed by atoms with van der Waals surface area (Å²) in [7, 11) is 0. The largest absolute Gasteiger partial charge is 0.505 e. The van der Waals surface area contributed by atoms with Crippen molar-refractivity contribution in [2.45, 2.75) is 40.0 Å². The standard InChI is InChI=1S/C27H27N5O4/c1-15-13-19(20-7-6-8-21(28-20)26(35)36)24(33)22(14-15)29-30-23-16(2)31-32(25(23)34)18-11-9-17(10-12-18)27(3,4)5/h6-14,29,33H,1-5H3,(H,35,36). The van der Waals surface area contributed by atoms with E-state index in [9.17, 15) is 19.8 Å². The minimum Gasteiger partial charge on any atom is -0.505 e. The fraction of sp³-hybridized carbons (Fsp3) is 0.222. The van der Waals surface area contributed by atoms with Crippen LogP contribution in [0.25, 0.3) is 11.3 Å². The second-order valence-electron chi connectivity index (χ2n) is 9.59. The van der Waals surface area contributed by atoms with E-state index >= 15 is 0 Å². The van der Waals surface area contributed by atoms with Gasteiger partial charge in [-0.1, -0.05) is 39.0 Å². The minimum atomic E-state index is -1.17. The number of aromatic carboxylic acids is 1. The van der Waals surface area contributed by atoms with Gasteiger partial charge in [-0.2, -0.15) is 15.2 Å². The number of rotatable bonds is 5. The zero-order valence-electron chi connectivity index (χ0n) is 20.7. The fourth-order valence-corrected chi connectivity index (χ4v) is 3.78. The van der Waals surface area contributed by atoms with Crippen molar-refractivity contribution in [2.75, 3.05) is 10.4 Å². The second kappa shape index (κ2) is 9.26. The number of aromatic hydroxyl groups is 1. The van der Waals surface area contributed by atoms with Crippen LogP contribution >= 0.6 is 0 Å². The van der Waals surface area contributed by atoms with Crippen molar-refractivity contribution >= 4 is 34.7 Å². The Morgan fingerprint density at radius 2 is 1.75 bits per heavy atom. The molecule has 1 aliphatic rings. The highest BCUT2D eigenvalue weighted by atomic mass is 16.4. The van der Waals surface area contributed by atoms with Crippen molar-refractivity contribution in [2.24, 2.45) is 10.2 Å². The molecule has 0 bridgehead atoms. The van der Waals surface area contributed by atoms with Gasteiger partial charge in [0.05, 0.1) is 22.8 Å². The Kier molecular flexibility index (Phi) is 6.32. The molecule has 3 N–H and O–H groups in total. The SMILES string of the molecule is CC1=NN(c2ccc(C(C)(C)C)cc2)C(=O)C1=NNc1cc(C)cc(-c2cccc(C(=O)O)n2)c1O. The van der Waals surface area contributed by atoms with Crippen LogP contribution in [0.2, 0.25) is 0 Å². The summed E-state index contributed by atoms with van der Waals surface area (Å²) in [6.07, 6.45) is 0. The molecule has 9 nitrogen and oxygen atoms in total. The summed E-state index contributed by atoms with van der Waals surface area (Å²) in [5.41, 5.74) is 6.59. The Balaban J connectivity index is 1.61. The lowest BCUT2D eigenvalue weighted by molar-refractivity contribution is -0.112. The number of amides is 1. The molecule has 0 saturated heterocycles. The van der Waals surface area contributed by atoms with Gasteiger partial charge in [0.1, 0.15) is 11.4 Å². The molecular formula is C27H27N5O4. The zero-order chi connectivity index (χ0) is 26.2. The molecule has 0 aliphatic carbocycles. The number of phenols is 1. The Morgan fingerprint density at radius 1 is 1.06 bits per heavy atom. The summed E-state index contributed by atoms with van der Waals surface area (Å²) in [4.78, 5) is 28.5. The average Bonchev–Trinajstić information content (AvgIpc) is 3.12. The molecule has 9 heteroatoms. The van der Waals surface area contributed by atoms with Crippen LogP contribution in [0.15, 0.2) is 64.8 Å². The third-order valence-corrected chi connectivity index (χ3v) is 5.75. The second-order valence-corrected chi connectivity index (χ2v) is 9.59. The highest BCUT2D eigenvalue weighted by Crippen LogP contribution is 2.36. The molecule has 0 unspecified atom stereocenters.